The maximum atomic E-state index is 14.4. The van der Waals surface area contributed by atoms with Gasteiger partial charge in [0, 0.05) is 138 Å². The number of nitriles is 1. The van der Waals surface area contributed by atoms with Crippen molar-refractivity contribution in [2.75, 3.05) is 73.9 Å². The molecule has 8 amide bonds. The van der Waals surface area contributed by atoms with Gasteiger partial charge in [0.1, 0.15) is 23.4 Å². The standard InChI is InChI=1S/C81H80F4N16O8/c1-108-73-33-65-55(28-67(73)90-77(104)52-26-57(81(83,84)85)32-58(82)27-52)44-100(94-65)59-11-6-46(7-12-59)42-96-20-16-50(49-10-15-62-53(25-49)37-88-40-71(62)98-22-18-75(102)92-79(98)106)30-69(96)70-31-51(61-4-3-5-63-64(61)39-89-41-72(63)99-23-19-76(103)93-80(99)107)17-21-97(70)43-47-8-13-60(14-9-47)101-45-56-29-68(74(109-2)34-66(56)95-101)91-78(105)54-24-48(35-86)36-87-38-54/h3-5,10,15,24-29,32-34,36-41,44-47,50-51,59-60,69-70H,6-9,11-14,16-23,30-31,42-43H2,1-2H3,(H,90,104)(H,91,105)(H,92,102,106)(H,93,103,107)/t46-,47-,50?,51?,59-,60-,69?,70?. The fourth-order valence-electron chi connectivity index (χ4n) is 17.7. The summed E-state index contributed by atoms with van der Waals surface area (Å²) in [5.41, 5.74) is 4.41. The number of likely N-dealkylation sites (tertiary alicyclic amines) is 2. The van der Waals surface area contributed by atoms with Crippen molar-refractivity contribution < 1.29 is 55.8 Å². The Bertz CT molecular complexity index is 5300. The van der Waals surface area contributed by atoms with Crippen LogP contribution in [0.15, 0.2) is 135 Å². The molecule has 6 aliphatic rings. The number of carbonyl (C=O) groups excluding carboxylic acids is 6. The van der Waals surface area contributed by atoms with Gasteiger partial charge in [-0.1, -0.05) is 30.3 Å². The molecule has 4 atom stereocenters. The van der Waals surface area contributed by atoms with E-state index in [-0.39, 0.29) is 96.3 Å². The van der Waals surface area contributed by atoms with E-state index in [0.29, 0.717) is 57.7 Å². The van der Waals surface area contributed by atoms with Crippen LogP contribution in [0.25, 0.3) is 43.4 Å². The molecule has 109 heavy (non-hydrogen) atoms. The van der Waals surface area contributed by atoms with Crippen LogP contribution in [-0.2, 0) is 15.8 Å². The number of rotatable bonds is 17. The van der Waals surface area contributed by atoms with Crippen LogP contribution in [0.2, 0.25) is 0 Å². The molecule has 16 rings (SSSR count). The number of nitrogens with one attached hydrogen (secondary N) is 4. The van der Waals surface area contributed by atoms with Crippen molar-refractivity contribution >= 4 is 102 Å². The number of methoxy groups -OCH3 is 2. The van der Waals surface area contributed by atoms with Gasteiger partial charge < -0.3 is 20.1 Å². The number of hydrogen-bond acceptors (Lipinski definition) is 16. The summed E-state index contributed by atoms with van der Waals surface area (Å²) in [7, 11) is 2.96. The van der Waals surface area contributed by atoms with Gasteiger partial charge in [-0.3, -0.25) is 73.7 Å². The van der Waals surface area contributed by atoms with E-state index in [2.05, 4.69) is 76.0 Å². The number of aromatic nitrogens is 7. The van der Waals surface area contributed by atoms with Gasteiger partial charge in [0.15, 0.2) is 0 Å². The molecule has 4 saturated heterocycles. The Morgan fingerprint density at radius 3 is 1.69 bits per heavy atom. The minimum absolute atomic E-state index is 0.0478. The molecule has 28 heteroatoms. The second-order valence-corrected chi connectivity index (χ2v) is 29.8. The van der Waals surface area contributed by atoms with Gasteiger partial charge in [0.05, 0.1) is 89.2 Å². The van der Waals surface area contributed by atoms with Crippen LogP contribution in [0.1, 0.15) is 157 Å². The highest BCUT2D eigenvalue weighted by atomic mass is 19.4. The predicted molar refractivity (Wildman–Crippen MR) is 400 cm³/mol. The zero-order valence-electron chi connectivity index (χ0n) is 60.1. The van der Waals surface area contributed by atoms with Gasteiger partial charge in [-0.25, -0.2) is 14.0 Å². The van der Waals surface area contributed by atoms with Crippen LogP contribution in [0, 0.1) is 29.0 Å². The van der Waals surface area contributed by atoms with Gasteiger partial charge in [0.25, 0.3) is 11.8 Å². The molecule has 4 unspecified atom stereocenters. The summed E-state index contributed by atoms with van der Waals surface area (Å²) in [4.78, 5) is 101. The molecule has 0 bridgehead atoms. The number of anilines is 4. The first-order valence-electron chi connectivity index (χ1n) is 37.2. The number of hydrogen-bond donors (Lipinski definition) is 4. The Morgan fingerprint density at radius 2 is 1.12 bits per heavy atom. The van der Waals surface area contributed by atoms with E-state index in [1.165, 1.54) is 36.7 Å². The van der Waals surface area contributed by atoms with E-state index in [9.17, 15) is 51.6 Å². The summed E-state index contributed by atoms with van der Waals surface area (Å²) in [5.74, 6) is -1.48. The normalized spacial score (nSPS) is 22.5. The van der Waals surface area contributed by atoms with Gasteiger partial charge in [-0.2, -0.15) is 28.6 Å². The number of halogens is 4. The van der Waals surface area contributed by atoms with Crippen LogP contribution in [0.4, 0.5) is 49.9 Å². The fraction of sp³-hybridized carbons (Fsp3) is 0.383. The maximum Gasteiger partial charge on any atom is 0.416 e. The summed E-state index contributed by atoms with van der Waals surface area (Å²) in [6.45, 7) is 3.95. The van der Waals surface area contributed by atoms with Gasteiger partial charge >= 0.3 is 18.2 Å². The van der Waals surface area contributed by atoms with Crippen molar-refractivity contribution in [3.63, 3.8) is 0 Å². The SMILES string of the molecule is COc1cc2nn([C@H]3CC[C@H](CN4CCC(c5ccc6c(N7CCC(=O)NC7=O)cncc6c5)CC4C4CC(c5cccc6c(N7CCC(=O)NC7=O)cncc56)CCN4C[C@H]4CC[C@H](n5cc6cc(NC(=O)c7cncc(C#N)c7)c(OC)cc6n5)CC4)CC3)cc2cc1NC(=O)c1cc(F)cc(C(F)(F)F)c1. The molecule has 6 fully saturated rings. The first-order chi connectivity index (χ1) is 52.8. The van der Waals surface area contributed by atoms with E-state index in [4.69, 9.17) is 24.7 Å². The van der Waals surface area contributed by atoms with E-state index in [1.54, 1.807) is 41.4 Å². The predicted octanol–water partition coefficient (Wildman–Crippen LogP) is 14.0. The van der Waals surface area contributed by atoms with Crippen LogP contribution in [0.5, 0.6) is 11.5 Å². The van der Waals surface area contributed by atoms with Crippen molar-refractivity contribution in [2.24, 2.45) is 11.8 Å². The van der Waals surface area contributed by atoms with Gasteiger partial charge in [-0.05, 0) is 167 Å². The maximum absolute atomic E-state index is 14.4. The van der Waals surface area contributed by atoms with E-state index in [0.717, 1.165) is 142 Å². The monoisotopic (exact) mass is 1480 g/mol. The third-order valence-electron chi connectivity index (χ3n) is 23.3. The van der Waals surface area contributed by atoms with Crippen molar-refractivity contribution in [1.82, 2.24) is 54.9 Å². The molecule has 4 aliphatic heterocycles. The molecule has 2 aliphatic carbocycles. The molecule has 4 N–H and O–H groups in total. The zero-order chi connectivity index (χ0) is 75.4. The molecule has 2 saturated carbocycles. The molecule has 0 spiro atoms. The summed E-state index contributed by atoms with van der Waals surface area (Å²) in [6.07, 6.45) is 20.3. The van der Waals surface area contributed by atoms with Crippen molar-refractivity contribution in [2.45, 2.75) is 132 Å². The smallest absolute Gasteiger partial charge is 0.416 e. The van der Waals surface area contributed by atoms with Crippen LogP contribution < -0.4 is 40.5 Å². The number of amides is 8. The number of benzene rings is 5. The number of ether oxygens (including phenoxy) is 2. The molecule has 9 heterocycles. The zero-order valence-corrected chi connectivity index (χ0v) is 60.1. The molecule has 24 nitrogen and oxygen atoms in total. The summed E-state index contributed by atoms with van der Waals surface area (Å²) in [6, 6.07) is 24.6. The number of piperidine rings is 2. The molecule has 5 aromatic carbocycles. The Kier molecular flexibility index (Phi) is 19.7. The highest BCUT2D eigenvalue weighted by Crippen LogP contribution is 2.47. The average Bonchev–Trinajstić information content (AvgIpc) is 1.35. The number of urea groups is 2. The van der Waals surface area contributed by atoms with E-state index < -0.39 is 47.0 Å². The minimum Gasteiger partial charge on any atom is -0.494 e. The number of carbonyl (C=O) groups is 6. The summed E-state index contributed by atoms with van der Waals surface area (Å²) < 4.78 is 70.9. The number of pyridine rings is 3. The molecule has 10 aromatic rings. The van der Waals surface area contributed by atoms with Crippen molar-refractivity contribution in [3.8, 4) is 17.6 Å². The second-order valence-electron chi connectivity index (χ2n) is 29.8. The molecule has 5 aromatic heterocycles. The number of imide groups is 2. The van der Waals surface area contributed by atoms with Crippen LogP contribution in [-0.4, -0.2) is 146 Å². The Balaban J connectivity index is 0.688. The Labute approximate surface area is 624 Å². The van der Waals surface area contributed by atoms with Gasteiger partial charge in [0.2, 0.25) is 11.8 Å². The van der Waals surface area contributed by atoms with Crippen molar-refractivity contribution in [1.29, 1.82) is 5.26 Å². The molecule has 0 radical (unpaired) electrons. The molecular formula is C81H80F4N16O8. The average molecular weight is 1480 g/mol. The largest absolute Gasteiger partial charge is 0.494 e. The lowest BCUT2D eigenvalue weighted by Gasteiger charge is -2.52. The molecular weight excluding hydrogens is 1400 g/mol. The Hall–Kier alpha value is -11.4. The first kappa shape index (κ1) is 71.8. The number of nitrogens with zero attached hydrogens (tertiary/aromatic N) is 12. The lowest BCUT2D eigenvalue weighted by atomic mass is 9.75. The third-order valence-corrected chi connectivity index (χ3v) is 23.3. The molecule has 560 valence electrons. The topological polar surface area (TPSA) is 280 Å². The van der Waals surface area contributed by atoms with E-state index >= 15 is 0 Å². The number of alkyl halides is 3. The van der Waals surface area contributed by atoms with E-state index in [1.807, 2.05) is 53.7 Å². The quantitative estimate of drug-likeness (QED) is 0.0617. The van der Waals surface area contributed by atoms with Crippen LogP contribution in [0.3, 0.4) is 0 Å². The second kappa shape index (κ2) is 30.0. The highest BCUT2D eigenvalue weighted by molar-refractivity contribution is 6.12. The minimum atomic E-state index is -4.86. The summed E-state index contributed by atoms with van der Waals surface area (Å²) >= 11 is 0. The van der Waals surface area contributed by atoms with Crippen LogP contribution >= 0.6 is 0 Å². The lowest BCUT2D eigenvalue weighted by Crippen LogP contribution is -2.58. The van der Waals surface area contributed by atoms with Crippen molar-refractivity contribution in [3.05, 3.63) is 174 Å². The fourth-order valence-corrected chi connectivity index (χ4v) is 17.7. The third kappa shape index (κ3) is 14.8. The summed E-state index contributed by atoms with van der Waals surface area (Å²) in [5, 5.41) is 35.3. The van der Waals surface area contributed by atoms with Gasteiger partial charge in [-0.15, -0.1) is 0 Å². The highest BCUT2D eigenvalue weighted by Gasteiger charge is 2.44. The lowest BCUT2D eigenvalue weighted by molar-refractivity contribution is -0.137. The first-order valence-corrected chi connectivity index (χ1v) is 37.2. The Morgan fingerprint density at radius 1 is 0.569 bits per heavy atom. The number of fused-ring (bicyclic) bond motifs is 4.